The van der Waals surface area contributed by atoms with Crippen molar-refractivity contribution in [2.24, 2.45) is 0 Å². The SMILES string of the molecule is Cc1cc(I)ccc1NC(=O)/C(C#N)=C\NC1CCCCCCCCCCC1. The number of nitriles is 1. The second-order valence-electron chi connectivity index (χ2n) is 7.71. The van der Waals surface area contributed by atoms with Gasteiger partial charge in [0.05, 0.1) is 0 Å². The van der Waals surface area contributed by atoms with Crippen LogP contribution in [0.2, 0.25) is 0 Å². The summed E-state index contributed by atoms with van der Waals surface area (Å²) in [6, 6.07) is 8.22. The van der Waals surface area contributed by atoms with Gasteiger partial charge < -0.3 is 10.6 Å². The maximum atomic E-state index is 12.5. The molecule has 0 spiro atoms. The number of amides is 1. The fraction of sp³-hybridized carbons (Fsp3) is 0.565. The minimum Gasteiger partial charge on any atom is -0.387 e. The fourth-order valence-corrected chi connectivity index (χ4v) is 4.28. The van der Waals surface area contributed by atoms with Crippen LogP contribution in [-0.4, -0.2) is 11.9 Å². The van der Waals surface area contributed by atoms with Gasteiger partial charge in [-0.2, -0.15) is 5.26 Å². The number of hydrogen-bond donors (Lipinski definition) is 2. The molecule has 0 atom stereocenters. The number of nitrogens with one attached hydrogen (secondary N) is 2. The van der Waals surface area contributed by atoms with Crippen LogP contribution in [0.3, 0.4) is 0 Å². The molecule has 152 valence electrons. The minimum atomic E-state index is -0.354. The molecule has 1 aromatic carbocycles. The molecule has 5 heteroatoms. The van der Waals surface area contributed by atoms with Gasteiger partial charge in [0.25, 0.3) is 5.91 Å². The van der Waals surface area contributed by atoms with E-state index in [4.69, 9.17) is 0 Å². The summed E-state index contributed by atoms with van der Waals surface area (Å²) in [5.41, 5.74) is 1.87. The largest absolute Gasteiger partial charge is 0.387 e. The zero-order chi connectivity index (χ0) is 20.2. The van der Waals surface area contributed by atoms with E-state index in [-0.39, 0.29) is 11.5 Å². The molecular weight excluding hydrogens is 461 g/mol. The third kappa shape index (κ3) is 8.22. The van der Waals surface area contributed by atoms with Crippen LogP contribution in [0.15, 0.2) is 30.0 Å². The lowest BCUT2D eigenvalue weighted by Crippen LogP contribution is -2.26. The van der Waals surface area contributed by atoms with Crippen LogP contribution >= 0.6 is 22.6 Å². The van der Waals surface area contributed by atoms with Crippen molar-refractivity contribution in [2.45, 2.75) is 83.6 Å². The fourth-order valence-electron chi connectivity index (χ4n) is 3.64. The summed E-state index contributed by atoms with van der Waals surface area (Å²) >= 11 is 2.24. The predicted molar refractivity (Wildman–Crippen MR) is 124 cm³/mol. The minimum absolute atomic E-state index is 0.129. The van der Waals surface area contributed by atoms with Crippen LogP contribution in [0.25, 0.3) is 0 Å². The average Bonchev–Trinajstić information content (AvgIpc) is 2.66. The first kappa shape index (κ1) is 22.7. The summed E-state index contributed by atoms with van der Waals surface area (Å²) in [6.07, 6.45) is 15.5. The van der Waals surface area contributed by atoms with Crippen LogP contribution in [0.1, 0.15) is 76.2 Å². The number of carbonyl (C=O) groups excluding carboxylic acids is 1. The summed E-state index contributed by atoms with van der Waals surface area (Å²) in [5, 5.41) is 15.7. The Kier molecular flexibility index (Phi) is 10.4. The molecule has 28 heavy (non-hydrogen) atoms. The van der Waals surface area contributed by atoms with Crippen molar-refractivity contribution in [3.05, 3.63) is 39.1 Å². The summed E-state index contributed by atoms with van der Waals surface area (Å²) < 4.78 is 1.12. The van der Waals surface area contributed by atoms with E-state index in [9.17, 15) is 10.1 Å². The average molecular weight is 493 g/mol. The molecule has 0 aromatic heterocycles. The monoisotopic (exact) mass is 493 g/mol. The number of carbonyl (C=O) groups is 1. The van der Waals surface area contributed by atoms with Gasteiger partial charge in [-0.1, -0.05) is 57.8 Å². The first-order valence-electron chi connectivity index (χ1n) is 10.5. The smallest absolute Gasteiger partial charge is 0.267 e. The van der Waals surface area contributed by atoms with E-state index in [1.165, 1.54) is 57.8 Å². The van der Waals surface area contributed by atoms with E-state index >= 15 is 0 Å². The zero-order valence-electron chi connectivity index (χ0n) is 16.9. The molecule has 1 saturated carbocycles. The Balaban J connectivity index is 1.94. The van der Waals surface area contributed by atoms with Gasteiger partial charge in [0, 0.05) is 21.5 Å². The molecule has 0 saturated heterocycles. The summed E-state index contributed by atoms with van der Waals surface area (Å²) in [5.74, 6) is -0.354. The highest BCUT2D eigenvalue weighted by Crippen LogP contribution is 2.19. The quantitative estimate of drug-likeness (QED) is 0.298. The lowest BCUT2D eigenvalue weighted by Gasteiger charge is -2.18. The summed E-state index contributed by atoms with van der Waals surface area (Å²) in [7, 11) is 0. The van der Waals surface area contributed by atoms with E-state index in [1.54, 1.807) is 6.20 Å². The molecule has 1 aliphatic carbocycles. The first-order valence-corrected chi connectivity index (χ1v) is 11.6. The molecule has 0 heterocycles. The van der Waals surface area contributed by atoms with Gasteiger partial charge in [-0.3, -0.25) is 4.79 Å². The van der Waals surface area contributed by atoms with Gasteiger partial charge in [-0.25, -0.2) is 0 Å². The van der Waals surface area contributed by atoms with Crippen molar-refractivity contribution in [3.63, 3.8) is 0 Å². The molecule has 0 radical (unpaired) electrons. The maximum Gasteiger partial charge on any atom is 0.267 e. The molecule has 1 amide bonds. The highest BCUT2D eigenvalue weighted by molar-refractivity contribution is 14.1. The van der Waals surface area contributed by atoms with Crippen molar-refractivity contribution in [1.29, 1.82) is 5.26 Å². The van der Waals surface area contributed by atoms with Crippen molar-refractivity contribution in [2.75, 3.05) is 5.32 Å². The Labute approximate surface area is 183 Å². The topological polar surface area (TPSA) is 64.9 Å². The van der Waals surface area contributed by atoms with Gasteiger partial charge in [-0.05, 0) is 66.1 Å². The van der Waals surface area contributed by atoms with Crippen molar-refractivity contribution >= 4 is 34.2 Å². The number of nitrogens with zero attached hydrogens (tertiary/aromatic N) is 1. The molecule has 0 bridgehead atoms. The number of hydrogen-bond acceptors (Lipinski definition) is 3. The zero-order valence-corrected chi connectivity index (χ0v) is 19.1. The van der Waals surface area contributed by atoms with Crippen molar-refractivity contribution in [1.82, 2.24) is 5.32 Å². The van der Waals surface area contributed by atoms with Gasteiger partial charge in [0.1, 0.15) is 11.6 Å². The highest BCUT2D eigenvalue weighted by Gasteiger charge is 2.13. The standard InChI is InChI=1S/C23H32IN3O/c1-18-15-20(24)13-14-22(18)27-23(28)19(16-25)17-26-21-11-9-7-5-3-2-4-6-8-10-12-21/h13-15,17,21,26H,2-12H2,1H3,(H,27,28)/b19-17-. The number of anilines is 1. The van der Waals surface area contributed by atoms with Crippen LogP contribution in [0.4, 0.5) is 5.69 Å². The third-order valence-corrected chi connectivity index (χ3v) is 6.04. The Morgan fingerprint density at radius 1 is 1.07 bits per heavy atom. The van der Waals surface area contributed by atoms with E-state index in [0.29, 0.717) is 6.04 Å². The Morgan fingerprint density at radius 2 is 1.64 bits per heavy atom. The number of benzene rings is 1. The molecule has 0 unspecified atom stereocenters. The normalized spacial score (nSPS) is 17.7. The summed E-state index contributed by atoms with van der Waals surface area (Å²) in [6.45, 7) is 1.96. The highest BCUT2D eigenvalue weighted by atomic mass is 127. The van der Waals surface area contributed by atoms with Crippen LogP contribution < -0.4 is 10.6 Å². The van der Waals surface area contributed by atoms with Crippen LogP contribution in [-0.2, 0) is 4.79 Å². The second-order valence-corrected chi connectivity index (χ2v) is 8.95. The van der Waals surface area contributed by atoms with Gasteiger partial charge >= 0.3 is 0 Å². The molecule has 1 aliphatic rings. The van der Waals surface area contributed by atoms with Gasteiger partial charge in [0.2, 0.25) is 0 Å². The van der Waals surface area contributed by atoms with E-state index in [1.807, 2.05) is 31.2 Å². The number of aryl methyl sites for hydroxylation is 1. The Morgan fingerprint density at radius 3 is 2.18 bits per heavy atom. The predicted octanol–water partition coefficient (Wildman–Crippen LogP) is 6.21. The van der Waals surface area contributed by atoms with Gasteiger partial charge in [0.15, 0.2) is 0 Å². The molecule has 4 nitrogen and oxygen atoms in total. The maximum absolute atomic E-state index is 12.5. The van der Waals surface area contributed by atoms with E-state index in [0.717, 1.165) is 27.7 Å². The van der Waals surface area contributed by atoms with Crippen molar-refractivity contribution < 1.29 is 4.79 Å². The lowest BCUT2D eigenvalue weighted by molar-refractivity contribution is -0.112. The van der Waals surface area contributed by atoms with Gasteiger partial charge in [-0.15, -0.1) is 0 Å². The molecule has 1 aromatic rings. The first-order chi connectivity index (χ1) is 13.6. The van der Waals surface area contributed by atoms with Crippen LogP contribution in [0.5, 0.6) is 0 Å². The Hall–Kier alpha value is -1.55. The molecule has 2 N–H and O–H groups in total. The molecular formula is C23H32IN3O. The third-order valence-electron chi connectivity index (χ3n) is 5.37. The van der Waals surface area contributed by atoms with Crippen molar-refractivity contribution in [3.8, 4) is 6.07 Å². The molecule has 0 aliphatic heterocycles. The number of rotatable bonds is 4. The van der Waals surface area contributed by atoms with Crippen LogP contribution in [0, 0.1) is 21.8 Å². The van der Waals surface area contributed by atoms with E-state index in [2.05, 4.69) is 33.2 Å². The molecule has 1 fully saturated rings. The number of halogens is 1. The molecule has 2 rings (SSSR count). The lowest BCUT2D eigenvalue weighted by atomic mass is 9.98. The second kappa shape index (κ2) is 12.8. The van der Waals surface area contributed by atoms with E-state index < -0.39 is 0 Å². The summed E-state index contributed by atoms with van der Waals surface area (Å²) in [4.78, 5) is 12.5. The Bertz CT molecular complexity index is 696.